The zero-order valence-corrected chi connectivity index (χ0v) is 10.5. The summed E-state index contributed by atoms with van der Waals surface area (Å²) in [5.74, 6) is -0.899. The Morgan fingerprint density at radius 3 is 2.56 bits per heavy atom. The molecule has 3 N–H and O–H groups in total. The number of carboxylic acid groups (broad SMARTS) is 1. The van der Waals surface area contributed by atoms with Gasteiger partial charge in [0.25, 0.3) is 0 Å². The maximum absolute atomic E-state index is 12.3. The van der Waals surface area contributed by atoms with E-state index < -0.39 is 12.0 Å². The van der Waals surface area contributed by atoms with Gasteiger partial charge in [0.15, 0.2) is 0 Å². The molecule has 6 nitrogen and oxygen atoms in total. The molecule has 2 fully saturated rings. The number of amides is 2. The molecule has 0 radical (unpaired) electrons. The minimum absolute atomic E-state index is 0.0239. The number of carboxylic acids is 1. The highest BCUT2D eigenvalue weighted by atomic mass is 16.4. The van der Waals surface area contributed by atoms with Crippen molar-refractivity contribution in [3.8, 4) is 0 Å². The third kappa shape index (κ3) is 2.75. The van der Waals surface area contributed by atoms with E-state index in [9.17, 15) is 14.7 Å². The molecule has 0 aromatic rings. The van der Waals surface area contributed by atoms with Crippen LogP contribution in [0, 0.1) is 0 Å². The Morgan fingerprint density at radius 2 is 1.89 bits per heavy atom. The molecule has 0 spiro atoms. The van der Waals surface area contributed by atoms with Crippen LogP contribution >= 0.6 is 0 Å². The van der Waals surface area contributed by atoms with E-state index in [-0.39, 0.29) is 12.1 Å². The van der Waals surface area contributed by atoms with Crippen LogP contribution in [-0.2, 0) is 4.79 Å². The Morgan fingerprint density at radius 1 is 1.11 bits per heavy atom. The van der Waals surface area contributed by atoms with E-state index in [4.69, 9.17) is 5.73 Å². The van der Waals surface area contributed by atoms with Gasteiger partial charge in [-0.05, 0) is 32.1 Å². The van der Waals surface area contributed by atoms with Gasteiger partial charge in [-0.25, -0.2) is 9.59 Å². The van der Waals surface area contributed by atoms with Gasteiger partial charge in [0.1, 0.15) is 6.04 Å². The van der Waals surface area contributed by atoms with Crippen LogP contribution in [0.2, 0.25) is 0 Å². The summed E-state index contributed by atoms with van der Waals surface area (Å²) in [6, 6.07) is -0.794. The Labute approximate surface area is 107 Å². The van der Waals surface area contributed by atoms with Crippen molar-refractivity contribution in [1.82, 2.24) is 9.80 Å². The number of hydrogen-bond acceptors (Lipinski definition) is 3. The van der Waals surface area contributed by atoms with Crippen LogP contribution in [0.1, 0.15) is 32.1 Å². The summed E-state index contributed by atoms with van der Waals surface area (Å²) in [6.07, 6.45) is 4.15. The van der Waals surface area contributed by atoms with Gasteiger partial charge in [0, 0.05) is 25.7 Å². The molecule has 2 atom stereocenters. The molecule has 2 amide bonds. The molecule has 102 valence electrons. The molecule has 2 aliphatic heterocycles. The lowest BCUT2D eigenvalue weighted by atomic mass is 10.0. The summed E-state index contributed by atoms with van der Waals surface area (Å²) >= 11 is 0. The highest BCUT2D eigenvalue weighted by Crippen LogP contribution is 2.20. The van der Waals surface area contributed by atoms with Gasteiger partial charge >= 0.3 is 12.0 Å². The summed E-state index contributed by atoms with van der Waals surface area (Å²) in [5.41, 5.74) is 5.86. The van der Waals surface area contributed by atoms with E-state index in [0.717, 1.165) is 25.7 Å². The molecule has 2 aliphatic rings. The van der Waals surface area contributed by atoms with E-state index in [1.807, 2.05) is 0 Å². The lowest BCUT2D eigenvalue weighted by Crippen LogP contribution is -2.56. The largest absolute Gasteiger partial charge is 0.480 e. The second kappa shape index (κ2) is 5.56. The second-order valence-corrected chi connectivity index (χ2v) is 5.17. The molecule has 2 saturated heterocycles. The van der Waals surface area contributed by atoms with Crippen LogP contribution in [0.15, 0.2) is 0 Å². The zero-order valence-electron chi connectivity index (χ0n) is 10.5. The smallest absolute Gasteiger partial charge is 0.326 e. The van der Waals surface area contributed by atoms with E-state index >= 15 is 0 Å². The molecule has 0 aliphatic carbocycles. The number of likely N-dealkylation sites (tertiary alicyclic amines) is 2. The number of nitrogens with zero attached hydrogens (tertiary/aromatic N) is 2. The van der Waals surface area contributed by atoms with Crippen LogP contribution in [0.5, 0.6) is 0 Å². The second-order valence-electron chi connectivity index (χ2n) is 5.17. The van der Waals surface area contributed by atoms with Crippen molar-refractivity contribution in [1.29, 1.82) is 0 Å². The van der Waals surface area contributed by atoms with Gasteiger partial charge in [-0.2, -0.15) is 0 Å². The first-order valence-corrected chi connectivity index (χ1v) is 6.63. The first-order valence-electron chi connectivity index (χ1n) is 6.63. The van der Waals surface area contributed by atoms with Gasteiger partial charge in [-0.15, -0.1) is 0 Å². The highest BCUT2D eigenvalue weighted by molar-refractivity contribution is 5.83. The van der Waals surface area contributed by atoms with Crippen molar-refractivity contribution in [3.05, 3.63) is 0 Å². The summed E-state index contributed by atoms with van der Waals surface area (Å²) in [5, 5.41) is 9.17. The number of carbonyl (C=O) groups excluding carboxylic acids is 1. The Hall–Kier alpha value is -1.30. The van der Waals surface area contributed by atoms with Crippen LogP contribution in [0.4, 0.5) is 4.79 Å². The minimum atomic E-state index is -0.899. The van der Waals surface area contributed by atoms with E-state index in [1.165, 1.54) is 4.90 Å². The number of aliphatic carboxylic acids is 1. The van der Waals surface area contributed by atoms with Crippen LogP contribution in [-0.4, -0.2) is 58.6 Å². The Kier molecular flexibility index (Phi) is 4.06. The van der Waals surface area contributed by atoms with Crippen LogP contribution in [0.25, 0.3) is 0 Å². The average molecular weight is 255 g/mol. The van der Waals surface area contributed by atoms with Gasteiger partial charge < -0.3 is 20.6 Å². The van der Waals surface area contributed by atoms with Crippen molar-refractivity contribution in [2.24, 2.45) is 5.73 Å². The molecule has 0 aromatic carbocycles. The van der Waals surface area contributed by atoms with E-state index in [2.05, 4.69) is 0 Å². The van der Waals surface area contributed by atoms with Gasteiger partial charge in [0.2, 0.25) is 0 Å². The Bertz CT molecular complexity index is 335. The molecule has 0 aromatic heterocycles. The average Bonchev–Trinajstić information content (AvgIpc) is 2.38. The summed E-state index contributed by atoms with van der Waals surface area (Å²) in [4.78, 5) is 26.7. The minimum Gasteiger partial charge on any atom is -0.480 e. The Balaban J connectivity index is 2.03. The predicted molar refractivity (Wildman–Crippen MR) is 66.2 cm³/mol. The third-order valence-electron chi connectivity index (χ3n) is 3.76. The molecular weight excluding hydrogens is 234 g/mol. The number of nitrogens with two attached hydrogens (primary N) is 1. The number of carbonyl (C=O) groups is 2. The van der Waals surface area contributed by atoms with E-state index in [0.29, 0.717) is 26.1 Å². The SMILES string of the molecule is NC1CCCN(C(=O)N2CCCCC2C(=O)O)C1. The fourth-order valence-electron chi connectivity index (χ4n) is 2.78. The molecule has 0 saturated carbocycles. The van der Waals surface area contributed by atoms with Crippen molar-refractivity contribution in [3.63, 3.8) is 0 Å². The molecule has 0 bridgehead atoms. The predicted octanol–water partition coefficient (Wildman–Crippen LogP) is 0.469. The number of urea groups is 1. The highest BCUT2D eigenvalue weighted by Gasteiger charge is 2.35. The lowest BCUT2D eigenvalue weighted by molar-refractivity contribution is -0.143. The van der Waals surface area contributed by atoms with Crippen LogP contribution in [0.3, 0.4) is 0 Å². The maximum Gasteiger partial charge on any atom is 0.326 e. The number of piperidine rings is 2. The normalized spacial score (nSPS) is 29.2. The molecule has 6 heteroatoms. The number of rotatable bonds is 1. The van der Waals surface area contributed by atoms with Crippen molar-refractivity contribution >= 4 is 12.0 Å². The van der Waals surface area contributed by atoms with Crippen molar-refractivity contribution in [2.75, 3.05) is 19.6 Å². The van der Waals surface area contributed by atoms with E-state index in [1.54, 1.807) is 4.90 Å². The first-order chi connectivity index (χ1) is 8.59. The fourth-order valence-corrected chi connectivity index (χ4v) is 2.78. The van der Waals surface area contributed by atoms with Crippen molar-refractivity contribution in [2.45, 2.75) is 44.2 Å². The number of hydrogen-bond donors (Lipinski definition) is 2. The summed E-state index contributed by atoms with van der Waals surface area (Å²) in [7, 11) is 0. The first kappa shape index (κ1) is 13.1. The molecule has 2 rings (SSSR count). The standard InChI is InChI=1S/C12H21N3O3/c13-9-4-3-6-14(8-9)12(18)15-7-2-1-5-10(15)11(16)17/h9-10H,1-8,13H2,(H,16,17). The molecular formula is C12H21N3O3. The van der Waals surface area contributed by atoms with Crippen LogP contribution < -0.4 is 5.73 Å². The lowest BCUT2D eigenvalue weighted by Gasteiger charge is -2.39. The van der Waals surface area contributed by atoms with Gasteiger partial charge in [0.05, 0.1) is 0 Å². The maximum atomic E-state index is 12.3. The van der Waals surface area contributed by atoms with Gasteiger partial charge in [-0.1, -0.05) is 0 Å². The van der Waals surface area contributed by atoms with Gasteiger partial charge in [-0.3, -0.25) is 0 Å². The molecule has 18 heavy (non-hydrogen) atoms. The summed E-state index contributed by atoms with van der Waals surface area (Å²) in [6.45, 7) is 1.78. The third-order valence-corrected chi connectivity index (χ3v) is 3.76. The fraction of sp³-hybridized carbons (Fsp3) is 0.833. The topological polar surface area (TPSA) is 86.9 Å². The summed E-state index contributed by atoms with van der Waals surface area (Å²) < 4.78 is 0. The van der Waals surface area contributed by atoms with Crippen molar-refractivity contribution < 1.29 is 14.7 Å². The molecule has 2 heterocycles. The quantitative estimate of drug-likeness (QED) is 0.713. The zero-order chi connectivity index (χ0) is 13.1. The molecule has 2 unspecified atom stereocenters. The monoisotopic (exact) mass is 255 g/mol.